The van der Waals surface area contributed by atoms with Gasteiger partial charge in [0.05, 0.1) is 27.9 Å². The Morgan fingerprint density at radius 1 is 1.03 bits per heavy atom. The van der Waals surface area contributed by atoms with Gasteiger partial charge >= 0.3 is 22.3 Å². The summed E-state index contributed by atoms with van der Waals surface area (Å²) in [7, 11) is -3.09. The summed E-state index contributed by atoms with van der Waals surface area (Å²) < 4.78 is 74.4. The standard InChI is InChI=1S/C24H21Cl2F3N2O5S/c1-35-12-11-31(23(32)30-21-10-4-9-20(25)22(21)26)15-16-5-2-7-18(13-16)36-37(33,34)19-8-3-6-17(14-19)24(27,28)29/h2-10,13-14H,11-12,15H2,1H3,(H,30,32). The predicted molar refractivity (Wildman–Crippen MR) is 133 cm³/mol. The third-order valence-corrected chi connectivity index (χ3v) is 7.04. The van der Waals surface area contributed by atoms with Gasteiger partial charge in [-0.05, 0) is 48.0 Å². The Morgan fingerprint density at radius 2 is 1.73 bits per heavy atom. The van der Waals surface area contributed by atoms with Crippen LogP contribution in [0.15, 0.2) is 71.6 Å². The van der Waals surface area contributed by atoms with Gasteiger partial charge in [-0.25, -0.2) is 4.79 Å². The van der Waals surface area contributed by atoms with Crippen LogP contribution in [0.2, 0.25) is 10.0 Å². The van der Waals surface area contributed by atoms with E-state index in [0.717, 1.165) is 18.2 Å². The van der Waals surface area contributed by atoms with Crippen molar-refractivity contribution in [3.63, 3.8) is 0 Å². The average Bonchev–Trinajstić information content (AvgIpc) is 2.84. The molecule has 0 unspecified atom stereocenters. The number of nitrogens with one attached hydrogen (secondary N) is 1. The molecule has 0 aliphatic carbocycles. The van der Waals surface area contributed by atoms with Crippen molar-refractivity contribution in [1.82, 2.24) is 4.90 Å². The molecule has 7 nitrogen and oxygen atoms in total. The van der Waals surface area contributed by atoms with Crippen LogP contribution in [-0.2, 0) is 27.6 Å². The minimum Gasteiger partial charge on any atom is -0.383 e. The second-order valence-electron chi connectivity index (χ2n) is 7.66. The van der Waals surface area contributed by atoms with Gasteiger partial charge in [-0.1, -0.05) is 47.5 Å². The minimum atomic E-state index is -4.72. The maximum atomic E-state index is 13.0. The van der Waals surface area contributed by atoms with E-state index in [1.807, 2.05) is 0 Å². The Hall–Kier alpha value is -2.99. The number of hydrogen-bond donors (Lipinski definition) is 1. The van der Waals surface area contributed by atoms with Crippen LogP contribution in [-0.4, -0.2) is 39.6 Å². The van der Waals surface area contributed by atoms with E-state index in [2.05, 4.69) is 5.32 Å². The zero-order valence-electron chi connectivity index (χ0n) is 19.3. The first kappa shape index (κ1) is 28.6. The topological polar surface area (TPSA) is 84.9 Å². The monoisotopic (exact) mass is 576 g/mol. The number of hydrogen-bond acceptors (Lipinski definition) is 5. The number of halogens is 5. The lowest BCUT2D eigenvalue weighted by Crippen LogP contribution is -2.37. The van der Waals surface area contributed by atoms with Crippen LogP contribution >= 0.6 is 23.2 Å². The number of amides is 2. The first-order valence-corrected chi connectivity index (χ1v) is 12.8. The number of rotatable bonds is 9. The SMILES string of the molecule is COCCN(Cc1cccc(OS(=O)(=O)c2cccc(C(F)(F)F)c2)c1)C(=O)Nc1cccc(Cl)c1Cl. The van der Waals surface area contributed by atoms with E-state index in [-0.39, 0.29) is 35.5 Å². The molecule has 0 heterocycles. The molecule has 0 fully saturated rings. The first-order chi connectivity index (χ1) is 17.4. The highest BCUT2D eigenvalue weighted by atomic mass is 35.5. The lowest BCUT2D eigenvalue weighted by Gasteiger charge is -2.23. The van der Waals surface area contributed by atoms with Gasteiger partial charge in [0.2, 0.25) is 0 Å². The average molecular weight is 577 g/mol. The normalized spacial score (nSPS) is 11.7. The Balaban J connectivity index is 1.79. The third-order valence-electron chi connectivity index (χ3n) is 4.97. The van der Waals surface area contributed by atoms with Gasteiger partial charge in [0.15, 0.2) is 0 Å². The summed E-state index contributed by atoms with van der Waals surface area (Å²) in [6.45, 7) is 0.402. The van der Waals surface area contributed by atoms with E-state index in [4.69, 9.17) is 32.1 Å². The van der Waals surface area contributed by atoms with Crippen molar-refractivity contribution in [2.24, 2.45) is 0 Å². The molecule has 13 heteroatoms. The molecular formula is C24H21Cl2F3N2O5S. The molecule has 37 heavy (non-hydrogen) atoms. The highest BCUT2D eigenvalue weighted by molar-refractivity contribution is 7.87. The van der Waals surface area contributed by atoms with E-state index in [9.17, 15) is 26.4 Å². The Morgan fingerprint density at radius 3 is 2.43 bits per heavy atom. The number of alkyl halides is 3. The molecule has 0 saturated carbocycles. The van der Waals surface area contributed by atoms with Crippen molar-refractivity contribution in [3.05, 3.63) is 87.9 Å². The molecule has 0 radical (unpaired) electrons. The van der Waals surface area contributed by atoms with Crippen LogP contribution in [0, 0.1) is 0 Å². The molecule has 198 valence electrons. The summed E-state index contributed by atoms with van der Waals surface area (Å²) in [5.41, 5.74) is -0.337. The molecule has 0 spiro atoms. The second-order valence-corrected chi connectivity index (χ2v) is 9.99. The predicted octanol–water partition coefficient (Wildman–Crippen LogP) is 6.46. The zero-order chi connectivity index (χ0) is 27.2. The molecule has 3 rings (SSSR count). The minimum absolute atomic E-state index is 0.0220. The largest absolute Gasteiger partial charge is 0.416 e. The molecule has 0 bridgehead atoms. The molecule has 0 saturated heterocycles. The van der Waals surface area contributed by atoms with Crippen LogP contribution in [0.4, 0.5) is 23.7 Å². The zero-order valence-corrected chi connectivity index (χ0v) is 21.6. The molecular weight excluding hydrogens is 556 g/mol. The van der Waals surface area contributed by atoms with E-state index < -0.39 is 32.8 Å². The van der Waals surface area contributed by atoms with Gasteiger partial charge in [-0.3, -0.25) is 0 Å². The maximum Gasteiger partial charge on any atom is 0.416 e. The second kappa shape index (κ2) is 12.0. The van der Waals surface area contributed by atoms with Crippen molar-refractivity contribution in [2.75, 3.05) is 25.6 Å². The number of methoxy groups -OCH3 is 1. The molecule has 0 aliphatic rings. The molecule has 1 N–H and O–H groups in total. The van der Waals surface area contributed by atoms with Crippen molar-refractivity contribution in [2.45, 2.75) is 17.6 Å². The summed E-state index contributed by atoms with van der Waals surface area (Å²) in [5.74, 6) is -0.139. The fraction of sp³-hybridized carbons (Fsp3) is 0.208. The number of carbonyl (C=O) groups excluding carboxylic acids is 1. The van der Waals surface area contributed by atoms with Gasteiger partial charge in [-0.2, -0.15) is 21.6 Å². The molecule has 0 aliphatic heterocycles. The fourth-order valence-electron chi connectivity index (χ4n) is 3.17. The maximum absolute atomic E-state index is 13.0. The Labute approximate surface area is 221 Å². The van der Waals surface area contributed by atoms with Gasteiger partial charge in [0, 0.05) is 20.2 Å². The summed E-state index contributed by atoms with van der Waals surface area (Å²) in [6, 6.07) is 13.3. The van der Waals surface area contributed by atoms with Gasteiger partial charge in [0.25, 0.3) is 0 Å². The molecule has 0 atom stereocenters. The molecule has 3 aromatic carbocycles. The summed E-state index contributed by atoms with van der Waals surface area (Å²) in [6.07, 6.45) is -4.72. The number of carbonyl (C=O) groups is 1. The van der Waals surface area contributed by atoms with E-state index in [0.29, 0.717) is 17.3 Å². The molecule has 0 aromatic heterocycles. The van der Waals surface area contributed by atoms with Crippen molar-refractivity contribution in [1.29, 1.82) is 0 Å². The Kier molecular flexibility index (Phi) is 9.30. The van der Waals surface area contributed by atoms with Crippen LogP contribution in [0.25, 0.3) is 0 Å². The lowest BCUT2D eigenvalue weighted by atomic mass is 10.2. The van der Waals surface area contributed by atoms with Crippen LogP contribution in [0.3, 0.4) is 0 Å². The number of urea groups is 1. The summed E-state index contributed by atoms with van der Waals surface area (Å²) >= 11 is 12.1. The number of ether oxygens (including phenoxy) is 1. The van der Waals surface area contributed by atoms with Crippen molar-refractivity contribution < 1.29 is 35.3 Å². The van der Waals surface area contributed by atoms with E-state index in [1.165, 1.54) is 30.2 Å². The van der Waals surface area contributed by atoms with Gasteiger partial charge in [0.1, 0.15) is 10.6 Å². The fourth-order valence-corrected chi connectivity index (χ4v) is 4.48. The van der Waals surface area contributed by atoms with E-state index in [1.54, 1.807) is 24.3 Å². The smallest absolute Gasteiger partial charge is 0.383 e. The lowest BCUT2D eigenvalue weighted by molar-refractivity contribution is -0.137. The van der Waals surface area contributed by atoms with Crippen LogP contribution in [0.1, 0.15) is 11.1 Å². The first-order valence-electron chi connectivity index (χ1n) is 10.6. The van der Waals surface area contributed by atoms with Crippen LogP contribution < -0.4 is 9.50 Å². The molecule has 3 aromatic rings. The van der Waals surface area contributed by atoms with Crippen LogP contribution in [0.5, 0.6) is 5.75 Å². The van der Waals surface area contributed by atoms with E-state index >= 15 is 0 Å². The highest BCUT2D eigenvalue weighted by Crippen LogP contribution is 2.32. The Bertz CT molecular complexity index is 1370. The van der Waals surface area contributed by atoms with Crippen molar-refractivity contribution >= 4 is 45.0 Å². The highest BCUT2D eigenvalue weighted by Gasteiger charge is 2.32. The number of nitrogens with zero attached hydrogens (tertiary/aromatic N) is 1. The summed E-state index contributed by atoms with van der Waals surface area (Å²) in [4.78, 5) is 13.7. The number of benzene rings is 3. The number of anilines is 1. The third kappa shape index (κ3) is 7.75. The van der Waals surface area contributed by atoms with Gasteiger partial charge < -0.3 is 19.1 Å². The van der Waals surface area contributed by atoms with Gasteiger partial charge in [-0.15, -0.1) is 0 Å². The summed E-state index contributed by atoms with van der Waals surface area (Å²) in [5, 5.41) is 3.09. The quantitative estimate of drug-likeness (QED) is 0.295. The van der Waals surface area contributed by atoms with Crippen molar-refractivity contribution in [3.8, 4) is 5.75 Å². The molecule has 2 amide bonds.